The average Bonchev–Trinajstić information content (AvgIpc) is 3.33. The Balaban J connectivity index is 0.000000659. The van der Waals surface area contributed by atoms with E-state index in [2.05, 4.69) is 10.5 Å². The normalized spacial score (nSPS) is 19.8. The maximum Gasteiger partial charge on any atom is 0.163 e. The van der Waals surface area contributed by atoms with E-state index in [0.29, 0.717) is 23.6 Å². The zero-order chi connectivity index (χ0) is 19.2. The summed E-state index contributed by atoms with van der Waals surface area (Å²) in [6.07, 6.45) is 6.32. The lowest BCUT2D eigenvalue weighted by atomic mass is 9.99. The number of anilines is 1. The minimum Gasteiger partial charge on any atom is -0.398 e. The van der Waals surface area contributed by atoms with E-state index in [9.17, 15) is 4.39 Å². The first-order valence-electron chi connectivity index (χ1n) is 8.97. The van der Waals surface area contributed by atoms with E-state index in [0.717, 1.165) is 42.3 Å². The molecule has 0 saturated carbocycles. The van der Waals surface area contributed by atoms with Crippen LogP contribution >= 0.6 is 23.1 Å². The summed E-state index contributed by atoms with van der Waals surface area (Å²) in [5.41, 5.74) is 8.27. The zero-order valence-electron chi connectivity index (χ0n) is 15.6. The summed E-state index contributed by atoms with van der Waals surface area (Å²) in [5, 5.41) is 10.7. The molecule has 2 aromatic rings. The van der Waals surface area contributed by atoms with Crippen LogP contribution in [0.1, 0.15) is 47.5 Å². The Kier molecular flexibility index (Phi) is 7.09. The summed E-state index contributed by atoms with van der Waals surface area (Å²) in [4.78, 5) is 10.2. The molecule has 0 spiro atoms. The molecular formula is C19H25FN4OS2. The van der Waals surface area contributed by atoms with E-state index in [1.807, 2.05) is 17.9 Å². The van der Waals surface area contributed by atoms with Crippen molar-refractivity contribution in [3.8, 4) is 0 Å². The molecule has 2 aliphatic heterocycles. The highest BCUT2D eigenvalue weighted by atomic mass is 32.2. The second-order valence-electron chi connectivity index (χ2n) is 6.58. The molecule has 0 amide bonds. The molecule has 1 fully saturated rings. The molecule has 4 rings (SSSR count). The van der Waals surface area contributed by atoms with Gasteiger partial charge in [-0.1, -0.05) is 11.2 Å². The van der Waals surface area contributed by atoms with Crippen LogP contribution in [0.3, 0.4) is 0 Å². The third kappa shape index (κ3) is 4.80. The number of oxime groups is 1. The number of nitrogens with one attached hydrogen (secondary N) is 1. The quantitative estimate of drug-likeness (QED) is 0.746. The van der Waals surface area contributed by atoms with Crippen molar-refractivity contribution in [1.29, 1.82) is 0 Å². The lowest BCUT2D eigenvalue weighted by molar-refractivity contribution is 0.0835. The SMILES string of the molecule is CSC.Nc1cccc(F)c1C1CC(c2csc(C3CCNCC3)n2)=NO1. The van der Waals surface area contributed by atoms with E-state index in [-0.39, 0.29) is 5.82 Å². The fourth-order valence-corrected chi connectivity index (χ4v) is 4.25. The predicted molar refractivity (Wildman–Crippen MR) is 112 cm³/mol. The summed E-state index contributed by atoms with van der Waals surface area (Å²) in [6, 6.07) is 4.67. The van der Waals surface area contributed by atoms with Crippen LogP contribution in [0.25, 0.3) is 0 Å². The lowest BCUT2D eigenvalue weighted by Crippen LogP contribution is -2.26. The molecule has 5 nitrogen and oxygen atoms in total. The van der Waals surface area contributed by atoms with Crippen molar-refractivity contribution >= 4 is 34.5 Å². The molecule has 2 aliphatic rings. The third-order valence-electron chi connectivity index (χ3n) is 4.58. The van der Waals surface area contributed by atoms with Crippen molar-refractivity contribution in [3.63, 3.8) is 0 Å². The van der Waals surface area contributed by atoms with Gasteiger partial charge in [-0.15, -0.1) is 11.3 Å². The third-order valence-corrected chi connectivity index (χ3v) is 5.59. The van der Waals surface area contributed by atoms with Crippen molar-refractivity contribution in [3.05, 3.63) is 45.7 Å². The molecule has 1 saturated heterocycles. The van der Waals surface area contributed by atoms with Gasteiger partial charge in [0.15, 0.2) is 6.10 Å². The number of piperidine rings is 1. The van der Waals surface area contributed by atoms with Gasteiger partial charge in [-0.25, -0.2) is 9.37 Å². The number of nitrogen functional groups attached to an aromatic ring is 1. The van der Waals surface area contributed by atoms with Gasteiger partial charge in [0, 0.05) is 23.4 Å². The van der Waals surface area contributed by atoms with Gasteiger partial charge in [0.1, 0.15) is 11.5 Å². The van der Waals surface area contributed by atoms with Crippen molar-refractivity contribution in [2.75, 3.05) is 31.3 Å². The summed E-state index contributed by atoms with van der Waals surface area (Å²) >= 11 is 3.42. The molecular weight excluding hydrogens is 383 g/mol. The minimum absolute atomic E-state index is 0.356. The van der Waals surface area contributed by atoms with Gasteiger partial charge in [0.05, 0.1) is 16.3 Å². The topological polar surface area (TPSA) is 72.5 Å². The van der Waals surface area contributed by atoms with Crippen LogP contribution in [0.4, 0.5) is 10.1 Å². The fourth-order valence-electron chi connectivity index (χ4n) is 3.25. The maximum atomic E-state index is 14.0. The Morgan fingerprint density at radius 3 is 2.74 bits per heavy atom. The first-order chi connectivity index (χ1) is 13.1. The van der Waals surface area contributed by atoms with Crippen LogP contribution in [0.15, 0.2) is 28.7 Å². The van der Waals surface area contributed by atoms with Crippen molar-refractivity contribution in [2.24, 2.45) is 5.16 Å². The highest BCUT2D eigenvalue weighted by Crippen LogP contribution is 2.35. The Bertz CT molecular complexity index is 770. The van der Waals surface area contributed by atoms with Gasteiger partial charge < -0.3 is 15.9 Å². The van der Waals surface area contributed by atoms with E-state index in [4.69, 9.17) is 15.6 Å². The van der Waals surface area contributed by atoms with Crippen LogP contribution in [-0.2, 0) is 4.84 Å². The second-order valence-corrected chi connectivity index (χ2v) is 8.29. The molecule has 27 heavy (non-hydrogen) atoms. The van der Waals surface area contributed by atoms with Gasteiger partial charge in [-0.2, -0.15) is 11.8 Å². The fraction of sp³-hybridized carbons (Fsp3) is 0.474. The molecule has 0 aliphatic carbocycles. The predicted octanol–water partition coefficient (Wildman–Crippen LogP) is 4.18. The number of thiazole rings is 1. The second kappa shape index (κ2) is 9.52. The smallest absolute Gasteiger partial charge is 0.163 e. The standard InChI is InChI=1S/C17H19FN4OS.C2H6S/c18-11-2-1-3-12(19)16(11)15-8-13(22-23-15)14-9-24-17(21-14)10-4-6-20-7-5-10;1-3-2/h1-3,9-10,15,20H,4-8,19H2;1-2H3. The molecule has 1 atom stereocenters. The number of benzene rings is 1. The van der Waals surface area contributed by atoms with E-state index in [1.54, 1.807) is 35.2 Å². The Hall–Kier alpha value is -1.64. The van der Waals surface area contributed by atoms with E-state index < -0.39 is 6.10 Å². The summed E-state index contributed by atoms with van der Waals surface area (Å²) < 4.78 is 14.0. The number of thioether (sulfide) groups is 1. The number of hydrogen-bond donors (Lipinski definition) is 2. The molecule has 0 radical (unpaired) electrons. The summed E-state index contributed by atoms with van der Waals surface area (Å²) in [5.74, 6) is 0.163. The van der Waals surface area contributed by atoms with E-state index >= 15 is 0 Å². The van der Waals surface area contributed by atoms with Crippen LogP contribution in [-0.4, -0.2) is 36.3 Å². The molecule has 1 aromatic heterocycles. The van der Waals surface area contributed by atoms with Crippen LogP contribution < -0.4 is 11.1 Å². The molecule has 1 aromatic carbocycles. The van der Waals surface area contributed by atoms with Gasteiger partial charge >= 0.3 is 0 Å². The average molecular weight is 409 g/mol. The van der Waals surface area contributed by atoms with Crippen LogP contribution in [0.5, 0.6) is 0 Å². The Labute approximate surface area is 167 Å². The molecule has 3 heterocycles. The number of aromatic nitrogens is 1. The Morgan fingerprint density at radius 1 is 1.30 bits per heavy atom. The highest BCUT2D eigenvalue weighted by Gasteiger charge is 2.29. The zero-order valence-corrected chi connectivity index (χ0v) is 17.2. The summed E-state index contributed by atoms with van der Waals surface area (Å²) in [6.45, 7) is 2.08. The van der Waals surface area contributed by atoms with Crippen molar-refractivity contribution in [1.82, 2.24) is 10.3 Å². The first kappa shape index (κ1) is 20.1. The van der Waals surface area contributed by atoms with Crippen molar-refractivity contribution < 1.29 is 9.23 Å². The van der Waals surface area contributed by atoms with Crippen molar-refractivity contribution in [2.45, 2.75) is 31.3 Å². The summed E-state index contributed by atoms with van der Waals surface area (Å²) in [7, 11) is 0. The van der Waals surface area contributed by atoms with Crippen LogP contribution in [0.2, 0.25) is 0 Å². The molecule has 1 unspecified atom stereocenters. The number of nitrogens with zero attached hydrogens (tertiary/aromatic N) is 2. The van der Waals surface area contributed by atoms with Gasteiger partial charge in [0.2, 0.25) is 0 Å². The number of halogens is 1. The monoisotopic (exact) mass is 408 g/mol. The highest BCUT2D eigenvalue weighted by molar-refractivity contribution is 7.97. The van der Waals surface area contributed by atoms with Gasteiger partial charge in [-0.3, -0.25) is 0 Å². The van der Waals surface area contributed by atoms with Gasteiger partial charge in [-0.05, 0) is 50.6 Å². The Morgan fingerprint density at radius 2 is 2.04 bits per heavy atom. The number of hydrogen-bond acceptors (Lipinski definition) is 7. The molecule has 146 valence electrons. The number of rotatable bonds is 3. The minimum atomic E-state index is -0.481. The van der Waals surface area contributed by atoms with Gasteiger partial charge in [0.25, 0.3) is 0 Å². The molecule has 3 N–H and O–H groups in total. The first-order valence-corrected chi connectivity index (χ1v) is 11.5. The number of nitrogens with two attached hydrogens (primary N) is 1. The van der Waals surface area contributed by atoms with E-state index in [1.165, 1.54) is 6.07 Å². The maximum absolute atomic E-state index is 14.0. The molecule has 8 heteroatoms. The lowest BCUT2D eigenvalue weighted by Gasteiger charge is -2.20. The largest absolute Gasteiger partial charge is 0.398 e. The molecule has 0 bridgehead atoms. The van der Waals surface area contributed by atoms with Crippen LogP contribution in [0, 0.1) is 5.82 Å².